The summed E-state index contributed by atoms with van der Waals surface area (Å²) < 4.78 is 14.7. The Morgan fingerprint density at radius 1 is 1.11 bits per heavy atom. The van der Waals surface area contributed by atoms with E-state index in [4.69, 9.17) is 27.3 Å². The first kappa shape index (κ1) is 24.0. The van der Waals surface area contributed by atoms with Crippen LogP contribution in [0.15, 0.2) is 66.2 Å². The molecular formula is C27H25ClFN7. The number of nitrogens with two attached hydrogens (primary N) is 1. The zero-order chi connectivity index (χ0) is 25.1. The summed E-state index contributed by atoms with van der Waals surface area (Å²) in [4.78, 5) is 25.3. The fourth-order valence-electron chi connectivity index (χ4n) is 4.26. The van der Waals surface area contributed by atoms with E-state index in [1.807, 2.05) is 12.1 Å². The number of allylic oxidation sites excluding steroid dienone is 1. The van der Waals surface area contributed by atoms with Crippen LogP contribution in [-0.2, 0) is 0 Å². The van der Waals surface area contributed by atoms with E-state index in [9.17, 15) is 4.39 Å². The van der Waals surface area contributed by atoms with Crippen LogP contribution in [0.2, 0.25) is 5.02 Å². The molecule has 0 amide bonds. The number of fused-ring (bicyclic) bond motifs is 1. The average molecular weight is 502 g/mol. The highest BCUT2D eigenvalue weighted by Gasteiger charge is 2.17. The van der Waals surface area contributed by atoms with Crippen molar-refractivity contribution in [1.82, 2.24) is 24.8 Å². The molecule has 0 saturated carbocycles. The largest absolute Gasteiger partial charge is 0.404 e. The maximum absolute atomic E-state index is 14.7. The summed E-state index contributed by atoms with van der Waals surface area (Å²) in [5.41, 5.74) is 9.69. The van der Waals surface area contributed by atoms with Crippen LogP contribution in [-0.4, -0.2) is 57.2 Å². The van der Waals surface area contributed by atoms with Gasteiger partial charge in [0.25, 0.3) is 0 Å². The third-order valence-electron chi connectivity index (χ3n) is 6.29. The first-order valence-electron chi connectivity index (χ1n) is 11.7. The summed E-state index contributed by atoms with van der Waals surface area (Å²) in [6.07, 6.45) is 10.3. The molecule has 7 nitrogen and oxygen atoms in total. The lowest BCUT2D eigenvalue weighted by molar-refractivity contribution is 0.257. The minimum Gasteiger partial charge on any atom is -0.404 e. The quantitative estimate of drug-likeness (QED) is 0.386. The van der Waals surface area contributed by atoms with Gasteiger partial charge in [-0.15, -0.1) is 0 Å². The summed E-state index contributed by atoms with van der Waals surface area (Å²) in [5, 5.41) is 1.19. The number of hydrogen-bond acceptors (Lipinski definition) is 7. The van der Waals surface area contributed by atoms with Gasteiger partial charge in [-0.3, -0.25) is 9.98 Å². The molecule has 0 aliphatic carbocycles. The highest BCUT2D eigenvalue weighted by molar-refractivity contribution is 6.30. The van der Waals surface area contributed by atoms with Gasteiger partial charge < -0.3 is 10.6 Å². The van der Waals surface area contributed by atoms with E-state index in [1.165, 1.54) is 18.3 Å². The number of hydrogen-bond donors (Lipinski definition) is 1. The summed E-state index contributed by atoms with van der Waals surface area (Å²) in [6, 6.07) is 10.1. The Morgan fingerprint density at radius 2 is 1.94 bits per heavy atom. The maximum Gasteiger partial charge on any atom is 0.160 e. The first-order chi connectivity index (χ1) is 17.5. The summed E-state index contributed by atoms with van der Waals surface area (Å²) >= 11 is 6.14. The zero-order valence-electron chi connectivity index (χ0n) is 19.8. The Hall–Kier alpha value is -3.75. The first-order valence-corrected chi connectivity index (χ1v) is 12.1. The highest BCUT2D eigenvalue weighted by Crippen LogP contribution is 2.32. The van der Waals surface area contributed by atoms with Crippen molar-refractivity contribution in [2.45, 2.75) is 18.9 Å². The number of likely N-dealkylation sites (tertiary alicyclic amines) is 1. The molecule has 3 aromatic heterocycles. The lowest BCUT2D eigenvalue weighted by Crippen LogP contribution is -2.32. The van der Waals surface area contributed by atoms with Crippen molar-refractivity contribution < 1.29 is 4.39 Å². The van der Waals surface area contributed by atoms with E-state index in [0.717, 1.165) is 36.9 Å². The molecule has 1 fully saturated rings. The molecule has 0 unspecified atom stereocenters. The van der Waals surface area contributed by atoms with Gasteiger partial charge in [0.1, 0.15) is 5.82 Å². The molecule has 1 aliphatic rings. The molecule has 9 heteroatoms. The lowest BCUT2D eigenvalue weighted by atomic mass is 10.0. The fourth-order valence-corrected chi connectivity index (χ4v) is 4.43. The van der Waals surface area contributed by atoms with E-state index in [0.29, 0.717) is 33.3 Å². The molecule has 0 bridgehead atoms. The molecule has 4 aromatic rings. The van der Waals surface area contributed by atoms with Crippen molar-refractivity contribution in [3.8, 4) is 22.5 Å². The van der Waals surface area contributed by atoms with Gasteiger partial charge in [-0.05, 0) is 69.4 Å². The van der Waals surface area contributed by atoms with Crippen LogP contribution in [0.1, 0.15) is 18.5 Å². The Morgan fingerprint density at radius 3 is 2.75 bits per heavy atom. The van der Waals surface area contributed by atoms with Gasteiger partial charge in [-0.1, -0.05) is 11.6 Å². The molecule has 0 atom stereocenters. The molecular weight excluding hydrogens is 477 g/mol. The number of benzene rings is 1. The van der Waals surface area contributed by atoms with Crippen molar-refractivity contribution >= 4 is 34.4 Å². The normalized spacial score (nSPS) is 15.7. The molecule has 0 spiro atoms. The van der Waals surface area contributed by atoms with Crippen LogP contribution in [0.25, 0.3) is 39.1 Å². The third kappa shape index (κ3) is 5.10. The second kappa shape index (κ2) is 10.5. The lowest BCUT2D eigenvalue weighted by Gasteiger charge is -2.26. The molecule has 36 heavy (non-hydrogen) atoms. The summed E-state index contributed by atoms with van der Waals surface area (Å²) in [5.74, 6) is -0.425. The SMILES string of the molecule is CN1CCC(N=CC(=CN)c2cncc(-c3cc(-c4cc(Cl)ccc4F)nc4ncccc34)n2)CC1. The average Bonchev–Trinajstić information content (AvgIpc) is 2.91. The van der Waals surface area contributed by atoms with Crippen molar-refractivity contribution in [3.05, 3.63) is 77.7 Å². The minimum absolute atomic E-state index is 0.262. The van der Waals surface area contributed by atoms with Crippen LogP contribution in [0.4, 0.5) is 4.39 Å². The van der Waals surface area contributed by atoms with Gasteiger partial charge in [0.15, 0.2) is 5.65 Å². The van der Waals surface area contributed by atoms with Crippen LogP contribution < -0.4 is 5.73 Å². The summed E-state index contributed by atoms with van der Waals surface area (Å²) in [6.45, 7) is 2.05. The van der Waals surface area contributed by atoms with Crippen molar-refractivity contribution in [2.75, 3.05) is 20.1 Å². The van der Waals surface area contributed by atoms with Gasteiger partial charge >= 0.3 is 0 Å². The number of halogens is 2. The fraction of sp³-hybridized carbons (Fsp3) is 0.222. The number of aliphatic imine (C=N–C) groups is 1. The number of rotatable bonds is 5. The van der Waals surface area contributed by atoms with Gasteiger partial charge in [0.2, 0.25) is 0 Å². The predicted molar refractivity (Wildman–Crippen MR) is 142 cm³/mol. The number of aromatic nitrogens is 4. The van der Waals surface area contributed by atoms with Crippen molar-refractivity contribution in [1.29, 1.82) is 0 Å². The van der Waals surface area contributed by atoms with Crippen LogP contribution in [0.3, 0.4) is 0 Å². The highest BCUT2D eigenvalue weighted by atomic mass is 35.5. The monoisotopic (exact) mass is 501 g/mol. The van der Waals surface area contributed by atoms with E-state index < -0.39 is 5.82 Å². The van der Waals surface area contributed by atoms with Crippen molar-refractivity contribution in [2.24, 2.45) is 10.7 Å². The number of piperidine rings is 1. The number of nitrogens with zero attached hydrogens (tertiary/aromatic N) is 6. The van der Waals surface area contributed by atoms with Crippen LogP contribution in [0.5, 0.6) is 0 Å². The standard InChI is InChI=1S/C27H25ClFN7/c1-36-9-6-19(7-10-36)33-14-17(13-30)25-15-31-16-26(34-25)21-12-24(22-11-18(28)4-5-23(22)29)35-27-20(21)3-2-8-32-27/h2-5,8,11-16,19H,6-7,9-10,30H2,1H3. The molecule has 2 N–H and O–H groups in total. The molecule has 0 radical (unpaired) electrons. The van der Waals surface area contributed by atoms with Gasteiger partial charge in [0, 0.05) is 45.7 Å². The number of pyridine rings is 2. The molecule has 5 rings (SSSR count). The Bertz CT molecular complexity index is 1460. The smallest absolute Gasteiger partial charge is 0.160 e. The predicted octanol–water partition coefficient (Wildman–Crippen LogP) is 5.01. The van der Waals surface area contributed by atoms with Gasteiger partial charge in [-0.2, -0.15) is 0 Å². The van der Waals surface area contributed by atoms with E-state index in [2.05, 4.69) is 26.9 Å². The second-order valence-electron chi connectivity index (χ2n) is 8.78. The molecule has 1 saturated heterocycles. The Labute approximate surface area is 213 Å². The van der Waals surface area contributed by atoms with E-state index in [-0.39, 0.29) is 11.6 Å². The van der Waals surface area contributed by atoms with Crippen molar-refractivity contribution in [3.63, 3.8) is 0 Å². The minimum atomic E-state index is -0.425. The van der Waals surface area contributed by atoms with E-state index in [1.54, 1.807) is 36.9 Å². The molecule has 1 aromatic carbocycles. The zero-order valence-corrected chi connectivity index (χ0v) is 20.5. The third-order valence-corrected chi connectivity index (χ3v) is 6.52. The Balaban J connectivity index is 1.55. The van der Waals surface area contributed by atoms with Gasteiger partial charge in [0.05, 0.1) is 35.5 Å². The van der Waals surface area contributed by atoms with Gasteiger partial charge in [-0.25, -0.2) is 19.3 Å². The van der Waals surface area contributed by atoms with Crippen LogP contribution in [0, 0.1) is 5.82 Å². The summed E-state index contributed by atoms with van der Waals surface area (Å²) in [7, 11) is 2.12. The van der Waals surface area contributed by atoms with Crippen LogP contribution >= 0.6 is 11.6 Å². The maximum atomic E-state index is 14.7. The molecule has 4 heterocycles. The van der Waals surface area contributed by atoms with E-state index >= 15 is 0 Å². The Kier molecular flexibility index (Phi) is 6.97. The topological polar surface area (TPSA) is 93.2 Å². The second-order valence-corrected chi connectivity index (χ2v) is 9.21. The molecule has 1 aliphatic heterocycles. The molecule has 182 valence electrons.